The summed E-state index contributed by atoms with van der Waals surface area (Å²) in [6, 6.07) is 0. The standard InChI is InChI=1S/C18H27N3O3S2/c1-5-18(4)8-11-12(9-24-18)26-16-14(11)15(19)20-17(21-16)25-10-13(22-6-2)23-7-3/h13H,5-10H2,1-4H3,(H2,19,20,21). The molecule has 0 amide bonds. The van der Waals surface area contributed by atoms with Gasteiger partial charge in [0.1, 0.15) is 10.6 Å². The first kappa shape index (κ1) is 19.8. The third-order valence-corrected chi connectivity index (χ3v) is 6.62. The molecule has 2 aromatic heterocycles. The number of hydrogen-bond acceptors (Lipinski definition) is 8. The van der Waals surface area contributed by atoms with E-state index >= 15 is 0 Å². The second kappa shape index (κ2) is 8.39. The molecule has 0 radical (unpaired) electrons. The van der Waals surface area contributed by atoms with Crippen molar-refractivity contribution in [3.8, 4) is 0 Å². The number of thiophene rings is 1. The smallest absolute Gasteiger partial charge is 0.191 e. The highest BCUT2D eigenvalue weighted by atomic mass is 32.2. The first-order valence-corrected chi connectivity index (χ1v) is 10.9. The van der Waals surface area contributed by atoms with E-state index in [1.165, 1.54) is 22.2 Å². The third-order valence-electron chi connectivity index (χ3n) is 4.65. The van der Waals surface area contributed by atoms with Gasteiger partial charge in [-0.25, -0.2) is 9.97 Å². The molecule has 1 unspecified atom stereocenters. The van der Waals surface area contributed by atoms with E-state index in [-0.39, 0.29) is 11.9 Å². The Morgan fingerprint density at radius 2 is 2.00 bits per heavy atom. The summed E-state index contributed by atoms with van der Waals surface area (Å²) in [5.74, 6) is 1.19. The van der Waals surface area contributed by atoms with Gasteiger partial charge in [-0.1, -0.05) is 18.7 Å². The van der Waals surface area contributed by atoms with Crippen molar-refractivity contribution in [1.82, 2.24) is 9.97 Å². The van der Waals surface area contributed by atoms with Crippen LogP contribution in [0.2, 0.25) is 0 Å². The number of fused-ring (bicyclic) bond motifs is 3. The molecule has 1 aliphatic heterocycles. The first-order chi connectivity index (χ1) is 12.5. The number of thioether (sulfide) groups is 1. The van der Waals surface area contributed by atoms with Gasteiger partial charge in [-0.15, -0.1) is 11.3 Å². The molecule has 1 aliphatic rings. The minimum absolute atomic E-state index is 0.136. The van der Waals surface area contributed by atoms with Gasteiger partial charge < -0.3 is 19.9 Å². The number of nitrogens with zero attached hydrogens (tertiary/aromatic N) is 2. The van der Waals surface area contributed by atoms with Crippen molar-refractivity contribution in [2.45, 2.75) is 64.2 Å². The van der Waals surface area contributed by atoms with E-state index in [0.717, 1.165) is 23.1 Å². The van der Waals surface area contributed by atoms with Crippen molar-refractivity contribution in [2.75, 3.05) is 24.7 Å². The van der Waals surface area contributed by atoms with Crippen molar-refractivity contribution in [1.29, 1.82) is 0 Å². The van der Waals surface area contributed by atoms with Crippen LogP contribution >= 0.6 is 23.1 Å². The molecule has 3 heterocycles. The molecule has 26 heavy (non-hydrogen) atoms. The molecule has 6 nitrogen and oxygen atoms in total. The lowest BCUT2D eigenvalue weighted by atomic mass is 9.90. The summed E-state index contributed by atoms with van der Waals surface area (Å²) in [5.41, 5.74) is 7.44. The van der Waals surface area contributed by atoms with Gasteiger partial charge in [0.05, 0.1) is 23.3 Å². The molecule has 2 aromatic rings. The van der Waals surface area contributed by atoms with Gasteiger partial charge in [-0.3, -0.25) is 0 Å². The predicted octanol–water partition coefficient (Wildman–Crippen LogP) is 4.01. The van der Waals surface area contributed by atoms with Gasteiger partial charge in [-0.2, -0.15) is 0 Å². The zero-order valence-electron chi connectivity index (χ0n) is 15.8. The number of hydrogen-bond donors (Lipinski definition) is 1. The molecule has 1 atom stereocenters. The van der Waals surface area contributed by atoms with Gasteiger partial charge in [0.15, 0.2) is 11.4 Å². The number of anilines is 1. The number of aromatic nitrogens is 2. The summed E-state index contributed by atoms with van der Waals surface area (Å²) in [7, 11) is 0. The Bertz CT molecular complexity index is 762. The maximum Gasteiger partial charge on any atom is 0.191 e. The molecule has 8 heteroatoms. The van der Waals surface area contributed by atoms with Crippen molar-refractivity contribution < 1.29 is 14.2 Å². The Hall–Kier alpha value is -0.930. The molecule has 144 valence electrons. The second-order valence-electron chi connectivity index (χ2n) is 6.50. The number of nitrogens with two attached hydrogens (primary N) is 1. The monoisotopic (exact) mass is 397 g/mol. The van der Waals surface area contributed by atoms with E-state index in [4.69, 9.17) is 24.9 Å². The normalized spacial score (nSPS) is 20.0. The van der Waals surface area contributed by atoms with E-state index in [1.54, 1.807) is 11.3 Å². The Morgan fingerprint density at radius 3 is 2.65 bits per heavy atom. The average Bonchev–Trinajstić information content (AvgIpc) is 2.98. The van der Waals surface area contributed by atoms with Crippen LogP contribution in [-0.2, 0) is 27.2 Å². The lowest BCUT2D eigenvalue weighted by Crippen LogP contribution is -2.33. The second-order valence-corrected chi connectivity index (χ2v) is 8.57. The lowest BCUT2D eigenvalue weighted by Gasteiger charge is -2.33. The van der Waals surface area contributed by atoms with Crippen LogP contribution < -0.4 is 5.73 Å². The molecular weight excluding hydrogens is 370 g/mol. The topological polar surface area (TPSA) is 79.5 Å². The average molecular weight is 398 g/mol. The molecule has 0 aliphatic carbocycles. The summed E-state index contributed by atoms with van der Waals surface area (Å²) < 4.78 is 17.2. The zero-order chi connectivity index (χ0) is 18.7. The molecule has 0 aromatic carbocycles. The van der Waals surface area contributed by atoms with E-state index in [2.05, 4.69) is 18.8 Å². The fraction of sp³-hybridized carbons (Fsp3) is 0.667. The number of rotatable bonds is 8. The Balaban J connectivity index is 1.83. The maximum atomic E-state index is 6.32. The maximum absolute atomic E-state index is 6.32. The Labute approximate surface area is 162 Å². The van der Waals surface area contributed by atoms with Crippen LogP contribution in [0.4, 0.5) is 5.82 Å². The van der Waals surface area contributed by atoms with E-state index < -0.39 is 0 Å². The Morgan fingerprint density at radius 1 is 1.27 bits per heavy atom. The minimum Gasteiger partial charge on any atom is -0.383 e. The summed E-state index contributed by atoms with van der Waals surface area (Å²) in [4.78, 5) is 11.4. The highest BCUT2D eigenvalue weighted by Crippen LogP contribution is 2.41. The number of nitrogen functional groups attached to an aromatic ring is 1. The SMILES string of the molecule is CCOC(CSc1nc(N)c2c3c(sc2n1)COC(C)(CC)C3)OCC. The molecule has 0 fully saturated rings. The summed E-state index contributed by atoms with van der Waals surface area (Å²) in [6.45, 7) is 10.1. The molecule has 0 saturated heterocycles. The highest BCUT2D eigenvalue weighted by Gasteiger charge is 2.33. The van der Waals surface area contributed by atoms with E-state index in [0.29, 0.717) is 36.5 Å². The van der Waals surface area contributed by atoms with Gasteiger partial charge in [0.2, 0.25) is 0 Å². The van der Waals surface area contributed by atoms with Gasteiger partial charge in [0, 0.05) is 24.5 Å². The van der Waals surface area contributed by atoms with Crippen molar-refractivity contribution in [2.24, 2.45) is 0 Å². The van der Waals surface area contributed by atoms with Crippen molar-refractivity contribution in [3.05, 3.63) is 10.4 Å². The number of ether oxygens (including phenoxy) is 3. The van der Waals surface area contributed by atoms with Crippen LogP contribution in [-0.4, -0.2) is 40.8 Å². The van der Waals surface area contributed by atoms with Crippen LogP contribution in [0, 0.1) is 0 Å². The third kappa shape index (κ3) is 4.14. The first-order valence-electron chi connectivity index (χ1n) is 9.07. The van der Waals surface area contributed by atoms with Crippen LogP contribution in [0.3, 0.4) is 0 Å². The molecule has 0 saturated carbocycles. The quantitative estimate of drug-likeness (QED) is 0.409. The van der Waals surface area contributed by atoms with Gasteiger partial charge >= 0.3 is 0 Å². The fourth-order valence-electron chi connectivity index (χ4n) is 3.03. The largest absolute Gasteiger partial charge is 0.383 e. The molecule has 2 N–H and O–H groups in total. The van der Waals surface area contributed by atoms with Crippen molar-refractivity contribution >= 4 is 39.1 Å². The van der Waals surface area contributed by atoms with Crippen LogP contribution in [0.15, 0.2) is 5.16 Å². The Kier molecular flexibility index (Phi) is 6.40. The molecule has 3 rings (SSSR count). The van der Waals surface area contributed by atoms with Gasteiger partial charge in [-0.05, 0) is 32.8 Å². The van der Waals surface area contributed by atoms with E-state index in [1.807, 2.05) is 13.8 Å². The minimum atomic E-state index is -0.259. The van der Waals surface area contributed by atoms with E-state index in [9.17, 15) is 0 Å². The predicted molar refractivity (Wildman–Crippen MR) is 107 cm³/mol. The lowest BCUT2D eigenvalue weighted by molar-refractivity contribution is -0.120. The zero-order valence-corrected chi connectivity index (χ0v) is 17.5. The van der Waals surface area contributed by atoms with Crippen molar-refractivity contribution in [3.63, 3.8) is 0 Å². The summed E-state index contributed by atoms with van der Waals surface area (Å²) in [5, 5.41) is 1.67. The summed E-state index contributed by atoms with van der Waals surface area (Å²) >= 11 is 3.17. The van der Waals surface area contributed by atoms with Crippen LogP contribution in [0.25, 0.3) is 10.2 Å². The van der Waals surface area contributed by atoms with Crippen LogP contribution in [0.1, 0.15) is 44.6 Å². The van der Waals surface area contributed by atoms with Gasteiger partial charge in [0.25, 0.3) is 0 Å². The molecular formula is C18H27N3O3S2. The highest BCUT2D eigenvalue weighted by molar-refractivity contribution is 7.99. The fourth-order valence-corrected chi connectivity index (χ4v) is 4.99. The van der Waals surface area contributed by atoms with Crippen LogP contribution in [0.5, 0.6) is 0 Å². The molecule has 0 spiro atoms. The summed E-state index contributed by atoms with van der Waals surface area (Å²) in [6.07, 6.45) is 1.57. The molecule has 0 bridgehead atoms.